The summed E-state index contributed by atoms with van der Waals surface area (Å²) in [7, 11) is 0. The number of benzene rings is 1. The molecule has 3 N–H and O–H groups in total. The highest BCUT2D eigenvalue weighted by Crippen LogP contribution is 2.22. The van der Waals surface area contributed by atoms with Crippen molar-refractivity contribution in [3.63, 3.8) is 0 Å². The third-order valence-corrected chi connectivity index (χ3v) is 3.32. The molecule has 0 aliphatic rings. The summed E-state index contributed by atoms with van der Waals surface area (Å²) >= 11 is 3.46. The van der Waals surface area contributed by atoms with Crippen LogP contribution in [0.2, 0.25) is 0 Å². The monoisotopic (exact) mass is 309 g/mol. The zero-order valence-electron chi connectivity index (χ0n) is 11.1. The van der Waals surface area contributed by atoms with Gasteiger partial charge < -0.3 is 10.7 Å². The second kappa shape index (κ2) is 5.02. The van der Waals surface area contributed by atoms with Crippen LogP contribution in [0.4, 0.5) is 0 Å². The van der Waals surface area contributed by atoms with E-state index < -0.39 is 0 Å². The first-order chi connectivity index (χ1) is 8.33. The molecule has 0 saturated heterocycles. The van der Waals surface area contributed by atoms with Crippen LogP contribution in [0.15, 0.2) is 22.7 Å². The number of hydrogen-bond acceptors (Lipinski definition) is 2. The molecule has 1 atom stereocenters. The molecule has 0 spiro atoms. The van der Waals surface area contributed by atoms with E-state index in [0.717, 1.165) is 34.2 Å². The van der Waals surface area contributed by atoms with Crippen LogP contribution < -0.4 is 5.73 Å². The fourth-order valence-electron chi connectivity index (χ4n) is 2.24. The summed E-state index contributed by atoms with van der Waals surface area (Å²) in [5.41, 5.74) is 8.49. The number of nitrogens with zero attached hydrogens (tertiary/aromatic N) is 1. The van der Waals surface area contributed by atoms with Gasteiger partial charge in [-0.2, -0.15) is 0 Å². The zero-order chi connectivity index (χ0) is 13.3. The van der Waals surface area contributed by atoms with Crippen LogP contribution in [0.5, 0.6) is 0 Å². The molecule has 0 aliphatic carbocycles. The largest absolute Gasteiger partial charge is 0.342 e. The number of nitrogens with one attached hydrogen (secondary N) is 1. The summed E-state index contributed by atoms with van der Waals surface area (Å²) in [5, 5.41) is 0. The van der Waals surface area contributed by atoms with Crippen molar-refractivity contribution < 1.29 is 0 Å². The van der Waals surface area contributed by atoms with E-state index in [2.05, 4.69) is 46.7 Å². The first-order valence-corrected chi connectivity index (χ1v) is 7.02. The van der Waals surface area contributed by atoms with Crippen molar-refractivity contribution in [3.05, 3.63) is 28.5 Å². The van der Waals surface area contributed by atoms with E-state index >= 15 is 0 Å². The molecule has 1 aromatic carbocycles. The van der Waals surface area contributed by atoms with Crippen molar-refractivity contribution in [2.24, 2.45) is 11.1 Å². The predicted octanol–water partition coefficient (Wildman–Crippen LogP) is 3.63. The van der Waals surface area contributed by atoms with Gasteiger partial charge in [0.25, 0.3) is 0 Å². The van der Waals surface area contributed by atoms with Gasteiger partial charge in [-0.1, -0.05) is 36.7 Å². The molecule has 2 aromatic rings. The van der Waals surface area contributed by atoms with Crippen molar-refractivity contribution in [2.75, 3.05) is 0 Å². The summed E-state index contributed by atoms with van der Waals surface area (Å²) in [6.07, 6.45) is 1.79. The SMILES string of the molecule is CC(C)(C)CC(N)Cc1nc2ccc(Br)cc2[nH]1. The molecule has 0 saturated carbocycles. The Labute approximate surface area is 116 Å². The number of hydrogen-bond donors (Lipinski definition) is 2. The van der Waals surface area contributed by atoms with Crippen LogP contribution in [-0.4, -0.2) is 16.0 Å². The molecule has 0 bridgehead atoms. The van der Waals surface area contributed by atoms with Crippen molar-refractivity contribution in [3.8, 4) is 0 Å². The molecule has 0 radical (unpaired) electrons. The number of fused-ring (bicyclic) bond motifs is 1. The van der Waals surface area contributed by atoms with Gasteiger partial charge in [-0.3, -0.25) is 0 Å². The number of halogens is 1. The molecule has 2 rings (SSSR count). The lowest BCUT2D eigenvalue weighted by atomic mass is 9.87. The Hall–Kier alpha value is -0.870. The average molecular weight is 310 g/mol. The van der Waals surface area contributed by atoms with Gasteiger partial charge in [0.2, 0.25) is 0 Å². The second-order valence-electron chi connectivity index (χ2n) is 6.07. The quantitative estimate of drug-likeness (QED) is 0.909. The van der Waals surface area contributed by atoms with Gasteiger partial charge in [0.05, 0.1) is 11.0 Å². The number of aromatic nitrogens is 2. The summed E-state index contributed by atoms with van der Waals surface area (Å²) in [6.45, 7) is 6.63. The minimum Gasteiger partial charge on any atom is -0.342 e. The normalized spacial score (nSPS) is 14.1. The Bertz CT molecular complexity index is 539. The van der Waals surface area contributed by atoms with E-state index in [-0.39, 0.29) is 11.5 Å². The van der Waals surface area contributed by atoms with Crippen molar-refractivity contribution >= 4 is 27.0 Å². The van der Waals surface area contributed by atoms with Gasteiger partial charge in [0, 0.05) is 16.9 Å². The highest BCUT2D eigenvalue weighted by atomic mass is 79.9. The van der Waals surface area contributed by atoms with E-state index in [1.165, 1.54) is 0 Å². The molecule has 0 fully saturated rings. The third kappa shape index (κ3) is 3.56. The van der Waals surface area contributed by atoms with Gasteiger partial charge in [-0.25, -0.2) is 4.98 Å². The molecule has 3 nitrogen and oxygen atoms in total. The maximum Gasteiger partial charge on any atom is 0.108 e. The summed E-state index contributed by atoms with van der Waals surface area (Å²) < 4.78 is 1.06. The van der Waals surface area contributed by atoms with E-state index in [9.17, 15) is 0 Å². The van der Waals surface area contributed by atoms with E-state index in [4.69, 9.17) is 5.73 Å². The lowest BCUT2D eigenvalue weighted by molar-refractivity contribution is 0.337. The third-order valence-electron chi connectivity index (χ3n) is 2.82. The first kappa shape index (κ1) is 13.6. The predicted molar refractivity (Wildman–Crippen MR) is 79.5 cm³/mol. The Balaban J connectivity index is 2.12. The highest BCUT2D eigenvalue weighted by molar-refractivity contribution is 9.10. The van der Waals surface area contributed by atoms with Crippen LogP contribution in [0.1, 0.15) is 33.0 Å². The van der Waals surface area contributed by atoms with Gasteiger partial charge in [-0.05, 0) is 30.0 Å². The Kier molecular flexibility index (Phi) is 3.78. The molecule has 4 heteroatoms. The summed E-state index contributed by atoms with van der Waals surface area (Å²) in [5.74, 6) is 0.972. The molecule has 1 aromatic heterocycles. The van der Waals surface area contributed by atoms with Crippen molar-refractivity contribution in [2.45, 2.75) is 39.7 Å². The molecule has 98 valence electrons. The van der Waals surface area contributed by atoms with Crippen LogP contribution in [0.25, 0.3) is 11.0 Å². The molecular weight excluding hydrogens is 290 g/mol. The van der Waals surface area contributed by atoms with Crippen LogP contribution in [0.3, 0.4) is 0 Å². The number of imidazole rings is 1. The van der Waals surface area contributed by atoms with E-state index in [1.54, 1.807) is 0 Å². The Morgan fingerprint density at radius 2 is 2.11 bits per heavy atom. The smallest absolute Gasteiger partial charge is 0.108 e. The van der Waals surface area contributed by atoms with Crippen LogP contribution >= 0.6 is 15.9 Å². The Morgan fingerprint density at radius 1 is 1.39 bits per heavy atom. The molecular formula is C14H20BrN3. The summed E-state index contributed by atoms with van der Waals surface area (Å²) in [6, 6.07) is 6.20. The molecule has 0 amide bonds. The molecule has 0 aliphatic heterocycles. The molecule has 1 unspecified atom stereocenters. The van der Waals surface area contributed by atoms with E-state index in [1.807, 2.05) is 18.2 Å². The molecule has 1 heterocycles. The average Bonchev–Trinajstić information content (AvgIpc) is 2.55. The van der Waals surface area contributed by atoms with Gasteiger partial charge in [0.1, 0.15) is 5.82 Å². The van der Waals surface area contributed by atoms with E-state index in [0.29, 0.717) is 0 Å². The maximum atomic E-state index is 6.17. The second-order valence-corrected chi connectivity index (χ2v) is 6.99. The van der Waals surface area contributed by atoms with Crippen molar-refractivity contribution in [1.82, 2.24) is 9.97 Å². The minimum atomic E-state index is 0.147. The van der Waals surface area contributed by atoms with Crippen LogP contribution in [0, 0.1) is 5.41 Å². The number of rotatable bonds is 3. The number of H-pyrrole nitrogens is 1. The summed E-state index contributed by atoms with van der Waals surface area (Å²) in [4.78, 5) is 7.90. The van der Waals surface area contributed by atoms with Crippen LogP contribution in [-0.2, 0) is 6.42 Å². The Morgan fingerprint density at radius 3 is 2.78 bits per heavy atom. The number of nitrogens with two attached hydrogens (primary N) is 1. The van der Waals surface area contributed by atoms with Gasteiger partial charge in [0.15, 0.2) is 0 Å². The fourth-order valence-corrected chi connectivity index (χ4v) is 2.60. The fraction of sp³-hybridized carbons (Fsp3) is 0.500. The molecule has 18 heavy (non-hydrogen) atoms. The minimum absolute atomic E-state index is 0.147. The standard InChI is InChI=1S/C14H20BrN3/c1-14(2,3)8-10(16)7-13-17-11-5-4-9(15)6-12(11)18-13/h4-6,10H,7-8,16H2,1-3H3,(H,17,18). The highest BCUT2D eigenvalue weighted by Gasteiger charge is 2.17. The lowest BCUT2D eigenvalue weighted by Gasteiger charge is -2.22. The topological polar surface area (TPSA) is 54.7 Å². The van der Waals surface area contributed by atoms with Crippen molar-refractivity contribution in [1.29, 1.82) is 0 Å². The first-order valence-electron chi connectivity index (χ1n) is 6.23. The van der Waals surface area contributed by atoms with Gasteiger partial charge >= 0.3 is 0 Å². The number of aromatic amines is 1. The zero-order valence-corrected chi connectivity index (χ0v) is 12.7. The lowest BCUT2D eigenvalue weighted by Crippen LogP contribution is -2.28. The maximum absolute atomic E-state index is 6.17. The van der Waals surface area contributed by atoms with Gasteiger partial charge in [-0.15, -0.1) is 0 Å².